The summed E-state index contributed by atoms with van der Waals surface area (Å²) in [5, 5.41) is 45.5. The van der Waals surface area contributed by atoms with Crippen LogP contribution < -0.4 is 5.46 Å². The van der Waals surface area contributed by atoms with Gasteiger partial charge >= 0.3 is 7.12 Å². The van der Waals surface area contributed by atoms with E-state index in [1.54, 1.807) is 12.1 Å². The molecule has 0 bridgehead atoms. The van der Waals surface area contributed by atoms with Crippen molar-refractivity contribution in [1.29, 1.82) is 15.8 Å². The summed E-state index contributed by atoms with van der Waals surface area (Å²) in [6.45, 7) is 0. The van der Waals surface area contributed by atoms with Crippen molar-refractivity contribution < 1.29 is 10.0 Å². The van der Waals surface area contributed by atoms with Crippen LogP contribution in [0.2, 0.25) is 0 Å². The SMILES string of the molecule is N#Cc1cc(C#N)c(-c2ccc(B(O)O)cc2)c(C#N)c1. The van der Waals surface area contributed by atoms with Gasteiger partial charge in [0.25, 0.3) is 0 Å². The predicted octanol–water partition coefficient (Wildman–Crippen LogP) is 0.648. The Bertz CT molecular complexity index is 774. The van der Waals surface area contributed by atoms with Crippen molar-refractivity contribution in [2.45, 2.75) is 0 Å². The summed E-state index contributed by atoms with van der Waals surface area (Å²) < 4.78 is 0. The molecule has 2 N–H and O–H groups in total. The predicted molar refractivity (Wildman–Crippen MR) is 75.8 cm³/mol. The zero-order valence-electron chi connectivity index (χ0n) is 10.8. The third kappa shape index (κ3) is 2.75. The molecule has 0 unspecified atom stereocenters. The maximum atomic E-state index is 9.21. The van der Waals surface area contributed by atoms with Gasteiger partial charge in [-0.05, 0) is 23.2 Å². The number of hydrogen-bond donors (Lipinski definition) is 2. The Labute approximate surface area is 121 Å². The molecule has 21 heavy (non-hydrogen) atoms. The van der Waals surface area contributed by atoms with Gasteiger partial charge < -0.3 is 10.0 Å². The van der Waals surface area contributed by atoms with Crippen LogP contribution in [-0.2, 0) is 0 Å². The minimum absolute atomic E-state index is 0.225. The maximum Gasteiger partial charge on any atom is 0.488 e. The molecule has 0 aliphatic carbocycles. The second-order valence-electron chi connectivity index (χ2n) is 4.28. The van der Waals surface area contributed by atoms with Crippen LogP contribution in [0.25, 0.3) is 11.1 Å². The zero-order chi connectivity index (χ0) is 15.4. The summed E-state index contributed by atoms with van der Waals surface area (Å²) in [6.07, 6.45) is 0. The zero-order valence-corrected chi connectivity index (χ0v) is 10.8. The van der Waals surface area contributed by atoms with Crippen molar-refractivity contribution in [3.8, 4) is 29.3 Å². The van der Waals surface area contributed by atoms with Crippen molar-refractivity contribution >= 4 is 12.6 Å². The molecule has 0 radical (unpaired) electrons. The molecule has 2 aromatic carbocycles. The number of rotatable bonds is 2. The van der Waals surface area contributed by atoms with Gasteiger partial charge in [0.1, 0.15) is 0 Å². The van der Waals surface area contributed by atoms with Crippen molar-refractivity contribution in [2.75, 3.05) is 0 Å². The quantitative estimate of drug-likeness (QED) is 0.780. The Hall–Kier alpha value is -3.11. The largest absolute Gasteiger partial charge is 0.488 e. The van der Waals surface area contributed by atoms with Crippen LogP contribution in [-0.4, -0.2) is 17.2 Å². The van der Waals surface area contributed by atoms with Crippen LogP contribution in [0.3, 0.4) is 0 Å². The lowest BCUT2D eigenvalue weighted by molar-refractivity contribution is 0.426. The lowest BCUT2D eigenvalue weighted by Gasteiger charge is -2.08. The molecule has 0 fully saturated rings. The molecule has 0 saturated carbocycles. The Morgan fingerprint density at radius 2 is 1.33 bits per heavy atom. The molecule has 0 saturated heterocycles. The van der Waals surface area contributed by atoms with Gasteiger partial charge in [-0.3, -0.25) is 0 Å². The summed E-state index contributed by atoms with van der Waals surface area (Å²) >= 11 is 0. The van der Waals surface area contributed by atoms with Crippen molar-refractivity contribution in [1.82, 2.24) is 0 Å². The van der Waals surface area contributed by atoms with Crippen LogP contribution in [0.4, 0.5) is 0 Å². The van der Waals surface area contributed by atoms with Gasteiger partial charge in [0.05, 0.1) is 34.9 Å². The van der Waals surface area contributed by atoms with Gasteiger partial charge in [0.15, 0.2) is 0 Å². The second kappa shape index (κ2) is 5.90. The number of nitrogens with zero attached hydrogens (tertiary/aromatic N) is 3. The fourth-order valence-electron chi connectivity index (χ4n) is 2.02. The van der Waals surface area contributed by atoms with Crippen LogP contribution in [0.1, 0.15) is 16.7 Å². The van der Waals surface area contributed by atoms with Crippen molar-refractivity contribution in [3.05, 3.63) is 53.1 Å². The summed E-state index contributed by atoms with van der Waals surface area (Å²) in [7, 11) is -1.58. The molecule has 0 amide bonds. The molecule has 6 heteroatoms. The van der Waals surface area contributed by atoms with E-state index < -0.39 is 7.12 Å². The highest BCUT2D eigenvalue weighted by Crippen LogP contribution is 2.28. The molecule has 5 nitrogen and oxygen atoms in total. The molecule has 0 heterocycles. The monoisotopic (exact) mass is 273 g/mol. The highest BCUT2D eigenvalue weighted by atomic mass is 16.4. The van der Waals surface area contributed by atoms with Gasteiger partial charge in [0, 0.05) is 5.56 Å². The van der Waals surface area contributed by atoms with E-state index in [2.05, 4.69) is 0 Å². The van der Waals surface area contributed by atoms with E-state index in [4.69, 9.17) is 15.3 Å². The Balaban J connectivity index is 2.66. The third-order valence-electron chi connectivity index (χ3n) is 3.01. The molecule has 98 valence electrons. The normalized spacial score (nSPS) is 9.29. The van der Waals surface area contributed by atoms with Gasteiger partial charge in [0.2, 0.25) is 0 Å². The number of nitriles is 3. The molecule has 0 atom stereocenters. The molecular formula is C15H8BN3O2. The van der Waals surface area contributed by atoms with Gasteiger partial charge in [-0.15, -0.1) is 0 Å². The van der Waals surface area contributed by atoms with E-state index >= 15 is 0 Å². The maximum absolute atomic E-state index is 9.21. The van der Waals surface area contributed by atoms with Crippen molar-refractivity contribution in [2.24, 2.45) is 0 Å². The van der Waals surface area contributed by atoms with Crippen LogP contribution in [0, 0.1) is 34.0 Å². The summed E-state index contributed by atoms with van der Waals surface area (Å²) in [5.74, 6) is 0. The first-order chi connectivity index (χ1) is 10.1. The molecule has 0 aromatic heterocycles. The molecule has 0 spiro atoms. The highest BCUT2D eigenvalue weighted by molar-refractivity contribution is 6.58. The highest BCUT2D eigenvalue weighted by Gasteiger charge is 2.15. The first-order valence-corrected chi connectivity index (χ1v) is 5.95. The van der Waals surface area contributed by atoms with E-state index in [9.17, 15) is 10.5 Å². The molecule has 0 aliphatic rings. The van der Waals surface area contributed by atoms with Crippen molar-refractivity contribution in [3.63, 3.8) is 0 Å². The van der Waals surface area contributed by atoms with Gasteiger partial charge in [-0.2, -0.15) is 15.8 Å². The topological polar surface area (TPSA) is 112 Å². The Morgan fingerprint density at radius 1 is 0.810 bits per heavy atom. The molecule has 2 rings (SSSR count). The fourth-order valence-corrected chi connectivity index (χ4v) is 2.02. The average molecular weight is 273 g/mol. The third-order valence-corrected chi connectivity index (χ3v) is 3.01. The van der Waals surface area contributed by atoms with Crippen LogP contribution in [0.5, 0.6) is 0 Å². The number of benzene rings is 2. The Morgan fingerprint density at radius 3 is 1.71 bits per heavy atom. The molecule has 0 aliphatic heterocycles. The number of hydrogen-bond acceptors (Lipinski definition) is 5. The van der Waals surface area contributed by atoms with E-state index in [1.807, 2.05) is 18.2 Å². The standard InChI is InChI=1S/C15H8BN3O2/c17-7-10-5-12(8-18)15(13(6-10)9-19)11-1-3-14(4-2-11)16(20)21/h1-6,20-21H. The second-order valence-corrected chi connectivity index (χ2v) is 4.28. The van der Waals surface area contributed by atoms with E-state index in [1.165, 1.54) is 24.3 Å². The van der Waals surface area contributed by atoms with Crippen LogP contribution in [0.15, 0.2) is 36.4 Å². The lowest BCUT2D eigenvalue weighted by atomic mass is 9.79. The molecular weight excluding hydrogens is 265 g/mol. The van der Waals surface area contributed by atoms with Gasteiger partial charge in [-0.1, -0.05) is 24.3 Å². The Kier molecular flexibility index (Phi) is 4.02. The summed E-state index contributed by atoms with van der Waals surface area (Å²) in [6, 6.07) is 14.9. The summed E-state index contributed by atoms with van der Waals surface area (Å²) in [4.78, 5) is 0. The van der Waals surface area contributed by atoms with Crippen LogP contribution >= 0.6 is 0 Å². The van der Waals surface area contributed by atoms with Gasteiger partial charge in [-0.25, -0.2) is 0 Å². The first kappa shape index (κ1) is 14.3. The smallest absolute Gasteiger partial charge is 0.423 e. The van der Waals surface area contributed by atoms with E-state index in [0.717, 1.165) is 0 Å². The minimum Gasteiger partial charge on any atom is -0.423 e. The molecule has 2 aromatic rings. The van der Waals surface area contributed by atoms with E-state index in [-0.39, 0.29) is 16.7 Å². The van der Waals surface area contributed by atoms with E-state index in [0.29, 0.717) is 16.6 Å². The fraction of sp³-hybridized carbons (Fsp3) is 0. The average Bonchev–Trinajstić information content (AvgIpc) is 2.53. The first-order valence-electron chi connectivity index (χ1n) is 5.95. The minimum atomic E-state index is -1.58. The summed E-state index contributed by atoms with van der Waals surface area (Å²) in [5.41, 5.74) is 2.03. The lowest BCUT2D eigenvalue weighted by Crippen LogP contribution is -2.29.